The maximum Gasteiger partial charge on any atom is 0.228 e. The van der Waals surface area contributed by atoms with E-state index in [0.717, 1.165) is 70.7 Å². The lowest BCUT2D eigenvalue weighted by Crippen LogP contribution is -2.38. The Labute approximate surface area is 225 Å². The van der Waals surface area contributed by atoms with E-state index in [2.05, 4.69) is 67.5 Å². The number of fused-ring (bicyclic) bond motifs is 1. The molecule has 0 aliphatic carbocycles. The predicted molar refractivity (Wildman–Crippen MR) is 153 cm³/mol. The summed E-state index contributed by atoms with van der Waals surface area (Å²) in [5.41, 5.74) is 6.51. The van der Waals surface area contributed by atoms with Crippen molar-refractivity contribution in [1.82, 2.24) is 25.3 Å². The molecule has 3 N–H and O–H groups in total. The molecule has 5 aromatic rings. The van der Waals surface area contributed by atoms with Gasteiger partial charge in [-0.15, -0.1) is 11.3 Å². The molecule has 3 aromatic heterocycles. The minimum Gasteiger partial charge on any atom is -0.437 e. The SMILES string of the molecule is Cc1ccc2c(NCc3cscn3)cccc2c1Oc1ncccc1-c1ccnc(N[C@H]2CCCNC2)n1. The van der Waals surface area contributed by atoms with Gasteiger partial charge in [-0.3, -0.25) is 0 Å². The third-order valence-corrected chi connectivity index (χ3v) is 7.32. The Balaban J connectivity index is 1.31. The van der Waals surface area contributed by atoms with Crippen LogP contribution in [0.1, 0.15) is 24.1 Å². The highest BCUT2D eigenvalue weighted by atomic mass is 32.1. The minimum atomic E-state index is 0.320. The number of aromatic nitrogens is 4. The first-order chi connectivity index (χ1) is 18.7. The van der Waals surface area contributed by atoms with Gasteiger partial charge in [-0.1, -0.05) is 24.3 Å². The van der Waals surface area contributed by atoms with Crippen LogP contribution in [0.25, 0.3) is 22.0 Å². The summed E-state index contributed by atoms with van der Waals surface area (Å²) in [5, 5.41) is 14.6. The molecule has 1 aliphatic rings. The molecular formula is C29H29N7OS. The van der Waals surface area contributed by atoms with E-state index in [4.69, 9.17) is 9.72 Å². The topological polar surface area (TPSA) is 96.9 Å². The zero-order valence-electron chi connectivity index (χ0n) is 21.1. The van der Waals surface area contributed by atoms with Crippen molar-refractivity contribution in [1.29, 1.82) is 0 Å². The number of hydrogen-bond donors (Lipinski definition) is 3. The Morgan fingerprint density at radius 2 is 2.00 bits per heavy atom. The molecule has 0 amide bonds. The Morgan fingerprint density at radius 1 is 1.03 bits per heavy atom. The number of piperidine rings is 1. The number of thiazole rings is 1. The summed E-state index contributed by atoms with van der Waals surface area (Å²) in [6.07, 6.45) is 5.77. The van der Waals surface area contributed by atoms with Crippen molar-refractivity contribution >= 4 is 33.7 Å². The number of nitrogens with zero attached hydrogens (tertiary/aromatic N) is 4. The van der Waals surface area contributed by atoms with Crippen molar-refractivity contribution in [2.45, 2.75) is 32.4 Å². The van der Waals surface area contributed by atoms with Gasteiger partial charge in [-0.25, -0.2) is 19.9 Å². The summed E-state index contributed by atoms with van der Waals surface area (Å²) < 4.78 is 6.56. The number of benzene rings is 2. The second kappa shape index (κ2) is 11.1. The van der Waals surface area contributed by atoms with Crippen LogP contribution in [0.3, 0.4) is 0 Å². The molecule has 2 aromatic carbocycles. The van der Waals surface area contributed by atoms with Gasteiger partial charge in [0, 0.05) is 46.8 Å². The van der Waals surface area contributed by atoms with Gasteiger partial charge >= 0.3 is 0 Å². The first-order valence-corrected chi connectivity index (χ1v) is 13.8. The Hall–Kier alpha value is -4.08. The quantitative estimate of drug-likeness (QED) is 0.227. The molecular weight excluding hydrogens is 494 g/mol. The van der Waals surface area contributed by atoms with Crippen LogP contribution >= 0.6 is 11.3 Å². The van der Waals surface area contributed by atoms with Crippen LogP contribution in [-0.4, -0.2) is 39.1 Å². The minimum absolute atomic E-state index is 0.320. The van der Waals surface area contributed by atoms with Gasteiger partial charge in [0.15, 0.2) is 0 Å². The molecule has 6 rings (SSSR count). The molecule has 8 nitrogen and oxygen atoms in total. The summed E-state index contributed by atoms with van der Waals surface area (Å²) >= 11 is 1.60. The van der Waals surface area contributed by atoms with Crippen LogP contribution in [-0.2, 0) is 6.54 Å². The lowest BCUT2D eigenvalue weighted by molar-refractivity contribution is 0.466. The van der Waals surface area contributed by atoms with Crippen molar-refractivity contribution in [2.24, 2.45) is 0 Å². The Bertz CT molecular complexity index is 1530. The molecule has 1 fully saturated rings. The van der Waals surface area contributed by atoms with Crippen molar-refractivity contribution in [3.8, 4) is 22.9 Å². The van der Waals surface area contributed by atoms with Crippen LogP contribution in [0.4, 0.5) is 11.6 Å². The van der Waals surface area contributed by atoms with Crippen LogP contribution in [0.15, 0.2) is 71.8 Å². The van der Waals surface area contributed by atoms with E-state index in [0.29, 0.717) is 24.4 Å². The second-order valence-corrected chi connectivity index (χ2v) is 10.1. The summed E-state index contributed by atoms with van der Waals surface area (Å²) in [5.74, 6) is 1.90. The average molecular weight is 524 g/mol. The van der Waals surface area contributed by atoms with Crippen LogP contribution < -0.4 is 20.7 Å². The third kappa shape index (κ3) is 5.29. The van der Waals surface area contributed by atoms with E-state index in [1.807, 2.05) is 29.8 Å². The summed E-state index contributed by atoms with van der Waals surface area (Å²) in [6.45, 7) is 4.69. The summed E-state index contributed by atoms with van der Waals surface area (Å²) in [4.78, 5) is 18.2. The highest BCUT2D eigenvalue weighted by Crippen LogP contribution is 2.38. The van der Waals surface area contributed by atoms with Crippen molar-refractivity contribution in [2.75, 3.05) is 23.7 Å². The van der Waals surface area contributed by atoms with Gasteiger partial charge in [0.1, 0.15) is 5.75 Å². The maximum atomic E-state index is 6.56. The number of anilines is 2. The number of pyridine rings is 1. The number of nitrogens with one attached hydrogen (secondary N) is 3. The normalized spacial score (nSPS) is 15.3. The molecule has 0 bridgehead atoms. The van der Waals surface area contributed by atoms with Crippen LogP contribution in [0.2, 0.25) is 0 Å². The van der Waals surface area contributed by atoms with E-state index in [-0.39, 0.29) is 0 Å². The van der Waals surface area contributed by atoms with Gasteiger partial charge in [0.05, 0.1) is 29.0 Å². The Kier molecular flexibility index (Phi) is 7.10. The zero-order chi connectivity index (χ0) is 25.7. The molecule has 0 saturated carbocycles. The highest BCUT2D eigenvalue weighted by molar-refractivity contribution is 7.07. The fourth-order valence-electron chi connectivity index (χ4n) is 4.74. The van der Waals surface area contributed by atoms with Crippen molar-refractivity contribution < 1.29 is 4.74 Å². The molecule has 1 atom stereocenters. The van der Waals surface area contributed by atoms with E-state index in [9.17, 15) is 0 Å². The maximum absolute atomic E-state index is 6.56. The average Bonchev–Trinajstić information content (AvgIpc) is 3.48. The largest absolute Gasteiger partial charge is 0.437 e. The predicted octanol–water partition coefficient (Wildman–Crippen LogP) is 6.03. The first-order valence-electron chi connectivity index (χ1n) is 12.8. The fourth-order valence-corrected chi connectivity index (χ4v) is 5.30. The molecule has 0 unspecified atom stereocenters. The van der Waals surface area contributed by atoms with Crippen LogP contribution in [0.5, 0.6) is 11.6 Å². The van der Waals surface area contributed by atoms with E-state index >= 15 is 0 Å². The van der Waals surface area contributed by atoms with Gasteiger partial charge < -0.3 is 20.7 Å². The fraction of sp³-hybridized carbons (Fsp3) is 0.241. The lowest BCUT2D eigenvalue weighted by atomic mass is 10.0. The number of rotatable bonds is 8. The second-order valence-electron chi connectivity index (χ2n) is 9.36. The van der Waals surface area contributed by atoms with Crippen molar-refractivity contribution in [3.63, 3.8) is 0 Å². The van der Waals surface area contributed by atoms with Crippen LogP contribution in [0, 0.1) is 6.92 Å². The van der Waals surface area contributed by atoms with Crippen molar-refractivity contribution in [3.05, 3.63) is 83.1 Å². The van der Waals surface area contributed by atoms with Gasteiger partial charge in [0.25, 0.3) is 0 Å². The number of ether oxygens (including phenoxy) is 1. The molecule has 1 aliphatic heterocycles. The Morgan fingerprint density at radius 3 is 2.87 bits per heavy atom. The van der Waals surface area contributed by atoms with E-state index in [1.165, 1.54) is 0 Å². The number of aryl methyl sites for hydroxylation is 1. The highest BCUT2D eigenvalue weighted by Gasteiger charge is 2.17. The standard InChI is InChI=1S/C29H29N7OS/c1-19-9-10-22-23(6-2-8-25(22)33-16-21-17-38-18-34-21)27(19)37-28-24(7-4-13-31-28)26-11-14-32-29(36-26)35-20-5-3-12-30-15-20/h2,4,6-11,13-14,17-18,20,30,33H,3,5,12,15-16H2,1H3,(H,32,35,36)/t20-/m0/s1. The smallest absolute Gasteiger partial charge is 0.228 e. The molecule has 1 saturated heterocycles. The molecule has 38 heavy (non-hydrogen) atoms. The molecule has 0 spiro atoms. The molecule has 0 radical (unpaired) electrons. The van der Waals surface area contributed by atoms with Gasteiger partial charge in [0.2, 0.25) is 11.8 Å². The third-order valence-electron chi connectivity index (χ3n) is 6.68. The number of hydrogen-bond acceptors (Lipinski definition) is 9. The lowest BCUT2D eigenvalue weighted by Gasteiger charge is -2.23. The van der Waals surface area contributed by atoms with E-state index in [1.54, 1.807) is 23.7 Å². The van der Waals surface area contributed by atoms with E-state index < -0.39 is 0 Å². The molecule has 4 heterocycles. The molecule has 192 valence electrons. The van der Waals surface area contributed by atoms with Gasteiger partial charge in [-0.2, -0.15) is 0 Å². The zero-order valence-corrected chi connectivity index (χ0v) is 22.0. The summed E-state index contributed by atoms with van der Waals surface area (Å²) in [7, 11) is 0. The molecule has 9 heteroatoms. The van der Waals surface area contributed by atoms with Gasteiger partial charge in [-0.05, 0) is 56.1 Å². The summed E-state index contributed by atoms with van der Waals surface area (Å²) in [6, 6.07) is 16.5. The monoisotopic (exact) mass is 523 g/mol. The first kappa shape index (κ1) is 24.3.